The van der Waals surface area contributed by atoms with Crippen LogP contribution in [0.4, 0.5) is 17.6 Å². The van der Waals surface area contributed by atoms with E-state index >= 15 is 0 Å². The summed E-state index contributed by atoms with van der Waals surface area (Å²) in [5.41, 5.74) is -5.10. The minimum Gasteiger partial charge on any atom is -0.354 e. The molecule has 2 heterocycles. The number of aliphatic imine (C=N–C) groups is 1. The highest BCUT2D eigenvalue weighted by atomic mass is 32.2. The first-order valence-electron chi connectivity index (χ1n) is 7.78. The molecule has 0 amide bonds. The molecule has 1 saturated heterocycles. The number of halogens is 4. The molecule has 0 aromatic carbocycles. The predicted octanol–water partition coefficient (Wildman–Crippen LogP) is 1.20. The van der Waals surface area contributed by atoms with Crippen LogP contribution in [-0.2, 0) is 16.6 Å². The number of hydrogen-bond acceptors (Lipinski definition) is 4. The van der Waals surface area contributed by atoms with Crippen LogP contribution in [0.15, 0.2) is 23.3 Å². The number of hydrogen-bond donors (Lipinski definition) is 2. The van der Waals surface area contributed by atoms with E-state index in [0.717, 1.165) is 0 Å². The SMILES string of the molecule is CN=C(NCc1ncccc1F)NC1CCN(S(=O)(=O)C(F)(F)F)CC1. The number of pyridine rings is 1. The summed E-state index contributed by atoms with van der Waals surface area (Å²) in [7, 11) is -3.80. The second kappa shape index (κ2) is 8.16. The number of aromatic nitrogens is 1. The third-order valence-corrected chi connectivity index (χ3v) is 5.54. The molecule has 0 saturated carbocycles. The molecular weight excluding hydrogens is 378 g/mol. The van der Waals surface area contributed by atoms with Crippen molar-refractivity contribution in [2.75, 3.05) is 20.1 Å². The first-order chi connectivity index (χ1) is 12.1. The van der Waals surface area contributed by atoms with E-state index in [4.69, 9.17) is 0 Å². The Labute approximate surface area is 148 Å². The molecule has 0 spiro atoms. The third kappa shape index (κ3) is 4.81. The first kappa shape index (κ1) is 20.4. The van der Waals surface area contributed by atoms with E-state index in [-0.39, 0.29) is 44.2 Å². The number of rotatable bonds is 4. The summed E-state index contributed by atoms with van der Waals surface area (Å²) in [6.45, 7) is -0.412. The number of nitrogens with zero attached hydrogens (tertiary/aromatic N) is 3. The van der Waals surface area contributed by atoms with Crippen LogP contribution in [0.1, 0.15) is 18.5 Å². The maximum absolute atomic E-state index is 13.5. The van der Waals surface area contributed by atoms with Gasteiger partial charge in [0.1, 0.15) is 5.82 Å². The Hall–Kier alpha value is -1.95. The van der Waals surface area contributed by atoms with E-state index in [2.05, 4.69) is 20.6 Å². The van der Waals surface area contributed by atoms with Crippen molar-refractivity contribution in [1.29, 1.82) is 0 Å². The van der Waals surface area contributed by atoms with Gasteiger partial charge in [0.15, 0.2) is 5.96 Å². The summed E-state index contributed by atoms with van der Waals surface area (Å²) in [5, 5.41) is 5.86. The Morgan fingerprint density at radius 2 is 2.04 bits per heavy atom. The van der Waals surface area contributed by atoms with Crippen molar-refractivity contribution in [1.82, 2.24) is 19.9 Å². The van der Waals surface area contributed by atoms with Crippen molar-refractivity contribution in [2.24, 2.45) is 4.99 Å². The summed E-state index contributed by atoms with van der Waals surface area (Å²) >= 11 is 0. The number of nitrogens with one attached hydrogen (secondary N) is 2. The number of alkyl halides is 3. The summed E-state index contributed by atoms with van der Waals surface area (Å²) < 4.78 is 74.4. The normalized spacial score (nSPS) is 18.0. The maximum Gasteiger partial charge on any atom is 0.511 e. The van der Waals surface area contributed by atoms with Gasteiger partial charge in [-0.05, 0) is 25.0 Å². The molecule has 26 heavy (non-hydrogen) atoms. The van der Waals surface area contributed by atoms with Gasteiger partial charge in [0.25, 0.3) is 0 Å². The van der Waals surface area contributed by atoms with Gasteiger partial charge in [0.05, 0.1) is 12.2 Å². The zero-order valence-corrected chi connectivity index (χ0v) is 14.7. The van der Waals surface area contributed by atoms with Crippen molar-refractivity contribution in [3.05, 3.63) is 29.8 Å². The molecule has 1 fully saturated rings. The molecule has 0 bridgehead atoms. The molecule has 0 aliphatic carbocycles. The molecule has 1 aromatic rings. The van der Waals surface area contributed by atoms with Crippen molar-refractivity contribution in [3.8, 4) is 0 Å². The Balaban J connectivity index is 1.87. The van der Waals surface area contributed by atoms with Gasteiger partial charge in [-0.2, -0.15) is 17.5 Å². The van der Waals surface area contributed by atoms with Crippen LogP contribution in [-0.4, -0.2) is 55.4 Å². The third-order valence-electron chi connectivity index (χ3n) is 3.91. The average molecular weight is 397 g/mol. The molecule has 0 atom stereocenters. The maximum atomic E-state index is 13.5. The molecule has 2 rings (SSSR count). The van der Waals surface area contributed by atoms with Gasteiger partial charge < -0.3 is 10.6 Å². The van der Waals surface area contributed by atoms with Crippen LogP contribution < -0.4 is 10.6 Å². The van der Waals surface area contributed by atoms with Crippen LogP contribution in [0.3, 0.4) is 0 Å². The van der Waals surface area contributed by atoms with Gasteiger partial charge >= 0.3 is 15.5 Å². The van der Waals surface area contributed by atoms with Crippen molar-refractivity contribution >= 4 is 16.0 Å². The van der Waals surface area contributed by atoms with Gasteiger partial charge in [-0.15, -0.1) is 0 Å². The second-order valence-electron chi connectivity index (χ2n) is 5.63. The fourth-order valence-corrected chi connectivity index (χ4v) is 3.48. The van der Waals surface area contributed by atoms with E-state index in [9.17, 15) is 26.0 Å². The Morgan fingerprint density at radius 1 is 1.38 bits per heavy atom. The lowest BCUT2D eigenvalue weighted by atomic mass is 10.1. The van der Waals surface area contributed by atoms with Gasteiger partial charge in [0.2, 0.25) is 0 Å². The zero-order valence-electron chi connectivity index (χ0n) is 13.9. The first-order valence-corrected chi connectivity index (χ1v) is 9.22. The molecular formula is C14H19F4N5O2S. The predicted molar refractivity (Wildman–Crippen MR) is 87.1 cm³/mol. The lowest BCUT2D eigenvalue weighted by Crippen LogP contribution is -2.51. The van der Waals surface area contributed by atoms with E-state index in [0.29, 0.717) is 10.3 Å². The summed E-state index contributed by atoms with van der Waals surface area (Å²) in [4.78, 5) is 7.86. The van der Waals surface area contributed by atoms with Crippen molar-refractivity contribution in [3.63, 3.8) is 0 Å². The highest BCUT2D eigenvalue weighted by molar-refractivity contribution is 7.90. The molecule has 146 valence electrons. The second-order valence-corrected chi connectivity index (χ2v) is 7.56. The fourth-order valence-electron chi connectivity index (χ4n) is 2.49. The van der Waals surface area contributed by atoms with Gasteiger partial charge in [-0.3, -0.25) is 9.98 Å². The zero-order chi connectivity index (χ0) is 19.4. The Kier molecular flexibility index (Phi) is 6.39. The Bertz CT molecular complexity index is 746. The highest BCUT2D eigenvalue weighted by Gasteiger charge is 2.50. The minimum atomic E-state index is -5.30. The lowest BCUT2D eigenvalue weighted by Gasteiger charge is -2.32. The molecule has 12 heteroatoms. The average Bonchev–Trinajstić information content (AvgIpc) is 2.59. The fraction of sp³-hybridized carbons (Fsp3) is 0.571. The molecule has 1 aliphatic rings. The molecule has 1 aliphatic heterocycles. The van der Waals surface area contributed by atoms with E-state index in [1.807, 2.05) is 0 Å². The molecule has 1 aromatic heterocycles. The number of sulfonamides is 1. The standard InChI is InChI=1S/C14H19F4N5O2S/c1-19-13(21-9-12-11(15)3-2-6-20-12)22-10-4-7-23(8-5-10)26(24,25)14(16,17)18/h2-3,6,10H,4-5,7-9H2,1H3,(H2,19,21,22). The van der Waals surface area contributed by atoms with Crippen LogP contribution in [0.25, 0.3) is 0 Å². The lowest BCUT2D eigenvalue weighted by molar-refractivity contribution is -0.0494. The highest BCUT2D eigenvalue weighted by Crippen LogP contribution is 2.28. The monoisotopic (exact) mass is 397 g/mol. The van der Waals surface area contributed by atoms with E-state index in [1.165, 1.54) is 25.4 Å². The molecule has 0 radical (unpaired) electrons. The number of piperidine rings is 1. The quantitative estimate of drug-likeness (QED) is 0.453. The van der Waals surface area contributed by atoms with Gasteiger partial charge in [0, 0.05) is 32.4 Å². The van der Waals surface area contributed by atoms with E-state index < -0.39 is 21.3 Å². The topological polar surface area (TPSA) is 86.7 Å². The number of guanidine groups is 1. The molecule has 0 unspecified atom stereocenters. The minimum absolute atomic E-state index is 0.0770. The van der Waals surface area contributed by atoms with Crippen LogP contribution >= 0.6 is 0 Å². The van der Waals surface area contributed by atoms with Gasteiger partial charge in [-0.25, -0.2) is 12.8 Å². The summed E-state index contributed by atoms with van der Waals surface area (Å²) in [6.07, 6.45) is 1.83. The Morgan fingerprint density at radius 3 is 2.58 bits per heavy atom. The largest absolute Gasteiger partial charge is 0.511 e. The van der Waals surface area contributed by atoms with Crippen molar-refractivity contribution < 1.29 is 26.0 Å². The molecule has 2 N–H and O–H groups in total. The molecule has 7 nitrogen and oxygen atoms in total. The van der Waals surface area contributed by atoms with E-state index in [1.54, 1.807) is 0 Å². The summed E-state index contributed by atoms with van der Waals surface area (Å²) in [5.74, 6) is -0.145. The van der Waals surface area contributed by atoms with Gasteiger partial charge in [-0.1, -0.05) is 0 Å². The van der Waals surface area contributed by atoms with Crippen molar-refractivity contribution in [2.45, 2.75) is 30.9 Å². The van der Waals surface area contributed by atoms with Crippen LogP contribution in [0.2, 0.25) is 0 Å². The van der Waals surface area contributed by atoms with Crippen LogP contribution in [0, 0.1) is 5.82 Å². The summed E-state index contributed by atoms with van der Waals surface area (Å²) in [6, 6.07) is 2.49. The van der Waals surface area contributed by atoms with Crippen LogP contribution in [0.5, 0.6) is 0 Å². The smallest absolute Gasteiger partial charge is 0.354 e.